The zero-order chi connectivity index (χ0) is 10.7. The maximum absolute atomic E-state index is 4.47. The number of hydrogen-bond acceptors (Lipinski definition) is 5. The molecule has 0 aromatic carbocycles. The molecule has 2 heterocycles. The van der Waals surface area contributed by atoms with Crippen LogP contribution in [-0.4, -0.2) is 41.6 Å². The fourth-order valence-corrected chi connectivity index (χ4v) is 2.52. The molecule has 4 nitrogen and oxygen atoms in total. The Morgan fingerprint density at radius 3 is 2.73 bits per heavy atom. The minimum atomic E-state index is 0.711. The highest BCUT2D eigenvalue weighted by atomic mass is 32.2. The van der Waals surface area contributed by atoms with Crippen LogP contribution in [-0.2, 0) is 0 Å². The fraction of sp³-hybridized carbons (Fsp3) is 0.600. The monoisotopic (exact) mass is 224 g/mol. The van der Waals surface area contributed by atoms with E-state index in [1.54, 1.807) is 0 Å². The van der Waals surface area contributed by atoms with E-state index in [1.165, 1.54) is 11.5 Å². The van der Waals surface area contributed by atoms with E-state index in [-0.39, 0.29) is 0 Å². The van der Waals surface area contributed by atoms with E-state index in [0.29, 0.717) is 5.95 Å². The summed E-state index contributed by atoms with van der Waals surface area (Å²) in [5.74, 6) is 4.14. The third-order valence-corrected chi connectivity index (χ3v) is 3.34. The number of aromatic nitrogens is 2. The zero-order valence-corrected chi connectivity index (χ0v) is 9.97. The quantitative estimate of drug-likeness (QED) is 0.822. The Hall–Kier alpha value is -0.970. The standard InChI is InChI=1S/C10H16N4S/c1-8-7-9(13-10(11-2)12-8)14-3-5-15-6-4-14/h7H,3-6H2,1-2H3,(H,11,12,13). The molecular formula is C10H16N4S. The van der Waals surface area contributed by atoms with Crippen molar-refractivity contribution in [3.8, 4) is 0 Å². The Morgan fingerprint density at radius 2 is 2.07 bits per heavy atom. The molecule has 1 aromatic heterocycles. The smallest absolute Gasteiger partial charge is 0.224 e. The van der Waals surface area contributed by atoms with Gasteiger partial charge in [0, 0.05) is 43.4 Å². The van der Waals surface area contributed by atoms with Crippen LogP contribution in [0.1, 0.15) is 5.69 Å². The summed E-state index contributed by atoms with van der Waals surface area (Å²) in [6.45, 7) is 4.18. The molecule has 1 aromatic rings. The van der Waals surface area contributed by atoms with Crippen molar-refractivity contribution in [2.75, 3.05) is 41.9 Å². The van der Waals surface area contributed by atoms with Crippen LogP contribution >= 0.6 is 11.8 Å². The summed E-state index contributed by atoms with van der Waals surface area (Å²) in [5, 5.41) is 2.99. The van der Waals surface area contributed by atoms with Gasteiger partial charge in [0.05, 0.1) is 0 Å². The van der Waals surface area contributed by atoms with Crippen molar-refractivity contribution in [3.05, 3.63) is 11.8 Å². The van der Waals surface area contributed by atoms with E-state index in [0.717, 1.165) is 24.6 Å². The van der Waals surface area contributed by atoms with Crippen molar-refractivity contribution in [2.45, 2.75) is 6.92 Å². The van der Waals surface area contributed by atoms with E-state index in [1.807, 2.05) is 25.7 Å². The average molecular weight is 224 g/mol. The van der Waals surface area contributed by atoms with E-state index >= 15 is 0 Å². The zero-order valence-electron chi connectivity index (χ0n) is 9.16. The molecule has 0 aliphatic carbocycles. The summed E-state index contributed by atoms with van der Waals surface area (Å²) in [5.41, 5.74) is 1.02. The van der Waals surface area contributed by atoms with Crippen molar-refractivity contribution < 1.29 is 0 Å². The number of anilines is 2. The minimum Gasteiger partial charge on any atom is -0.357 e. The van der Waals surface area contributed by atoms with Crippen LogP contribution in [0, 0.1) is 6.92 Å². The summed E-state index contributed by atoms with van der Waals surface area (Å²) >= 11 is 2.01. The van der Waals surface area contributed by atoms with Crippen LogP contribution in [0.4, 0.5) is 11.8 Å². The van der Waals surface area contributed by atoms with Gasteiger partial charge >= 0.3 is 0 Å². The van der Waals surface area contributed by atoms with Crippen molar-refractivity contribution in [3.63, 3.8) is 0 Å². The van der Waals surface area contributed by atoms with Crippen molar-refractivity contribution in [1.29, 1.82) is 0 Å². The van der Waals surface area contributed by atoms with E-state index in [2.05, 4.69) is 26.3 Å². The second-order valence-corrected chi connectivity index (χ2v) is 4.77. The third kappa shape index (κ3) is 2.53. The molecule has 0 spiro atoms. The lowest BCUT2D eigenvalue weighted by Crippen LogP contribution is -2.33. The molecule has 0 atom stereocenters. The fourth-order valence-electron chi connectivity index (χ4n) is 1.62. The first-order valence-electron chi connectivity index (χ1n) is 5.16. The normalized spacial score (nSPS) is 16.5. The highest BCUT2D eigenvalue weighted by Crippen LogP contribution is 2.18. The van der Waals surface area contributed by atoms with Crippen LogP contribution < -0.4 is 10.2 Å². The lowest BCUT2D eigenvalue weighted by molar-refractivity contribution is 0.833. The molecule has 1 fully saturated rings. The van der Waals surface area contributed by atoms with Gasteiger partial charge in [0.1, 0.15) is 5.82 Å². The summed E-state index contributed by atoms with van der Waals surface area (Å²) in [4.78, 5) is 11.1. The number of hydrogen-bond donors (Lipinski definition) is 1. The van der Waals surface area contributed by atoms with Gasteiger partial charge in [0.15, 0.2) is 0 Å². The molecule has 0 unspecified atom stereocenters. The van der Waals surface area contributed by atoms with Gasteiger partial charge in [-0.2, -0.15) is 16.7 Å². The Kier molecular flexibility index (Phi) is 3.30. The summed E-state index contributed by atoms with van der Waals surface area (Å²) < 4.78 is 0. The van der Waals surface area contributed by atoms with Gasteiger partial charge in [0.2, 0.25) is 5.95 Å². The van der Waals surface area contributed by atoms with E-state index in [4.69, 9.17) is 0 Å². The maximum Gasteiger partial charge on any atom is 0.224 e. The lowest BCUT2D eigenvalue weighted by atomic mass is 10.4. The Bertz CT molecular complexity index is 336. The van der Waals surface area contributed by atoms with Crippen molar-refractivity contribution in [2.24, 2.45) is 0 Å². The van der Waals surface area contributed by atoms with Crippen LogP contribution in [0.2, 0.25) is 0 Å². The number of rotatable bonds is 2. The SMILES string of the molecule is CNc1nc(C)cc(N2CCSCC2)n1. The highest BCUT2D eigenvalue weighted by Gasteiger charge is 2.13. The third-order valence-electron chi connectivity index (χ3n) is 2.40. The topological polar surface area (TPSA) is 41.1 Å². The van der Waals surface area contributed by atoms with Crippen molar-refractivity contribution in [1.82, 2.24) is 9.97 Å². The first-order valence-corrected chi connectivity index (χ1v) is 6.31. The number of nitrogens with one attached hydrogen (secondary N) is 1. The van der Waals surface area contributed by atoms with Crippen molar-refractivity contribution >= 4 is 23.5 Å². The molecule has 1 aliphatic heterocycles. The van der Waals surface area contributed by atoms with E-state index in [9.17, 15) is 0 Å². The van der Waals surface area contributed by atoms with Crippen LogP contribution in [0.5, 0.6) is 0 Å². The molecule has 1 N–H and O–H groups in total. The maximum atomic E-state index is 4.47. The van der Waals surface area contributed by atoms with Gasteiger partial charge in [-0.3, -0.25) is 0 Å². The lowest BCUT2D eigenvalue weighted by Gasteiger charge is -2.27. The second kappa shape index (κ2) is 4.70. The van der Waals surface area contributed by atoms with Gasteiger partial charge in [-0.15, -0.1) is 0 Å². The molecule has 0 radical (unpaired) electrons. The first-order chi connectivity index (χ1) is 7.29. The summed E-state index contributed by atoms with van der Waals surface area (Å²) in [6.07, 6.45) is 0. The molecule has 0 bridgehead atoms. The molecule has 1 aliphatic rings. The summed E-state index contributed by atoms with van der Waals surface area (Å²) in [7, 11) is 1.85. The van der Waals surface area contributed by atoms with Crippen LogP contribution in [0.3, 0.4) is 0 Å². The number of nitrogens with zero attached hydrogens (tertiary/aromatic N) is 3. The predicted molar refractivity (Wildman–Crippen MR) is 65.9 cm³/mol. The molecular weight excluding hydrogens is 208 g/mol. The van der Waals surface area contributed by atoms with Gasteiger partial charge in [-0.25, -0.2) is 4.98 Å². The highest BCUT2D eigenvalue weighted by molar-refractivity contribution is 7.99. The second-order valence-electron chi connectivity index (χ2n) is 3.54. The number of thioether (sulfide) groups is 1. The minimum absolute atomic E-state index is 0.711. The molecule has 1 saturated heterocycles. The Balaban J connectivity index is 2.22. The van der Waals surface area contributed by atoms with Gasteiger partial charge in [-0.05, 0) is 6.92 Å². The van der Waals surface area contributed by atoms with Gasteiger partial charge in [-0.1, -0.05) is 0 Å². The average Bonchev–Trinajstić information content (AvgIpc) is 2.29. The molecule has 0 saturated carbocycles. The largest absolute Gasteiger partial charge is 0.357 e. The molecule has 2 rings (SSSR count). The predicted octanol–water partition coefficient (Wildman–Crippen LogP) is 1.38. The molecule has 15 heavy (non-hydrogen) atoms. The van der Waals surface area contributed by atoms with Crippen LogP contribution in [0.15, 0.2) is 6.07 Å². The molecule has 0 amide bonds. The Morgan fingerprint density at radius 1 is 1.33 bits per heavy atom. The van der Waals surface area contributed by atoms with Gasteiger partial charge in [0.25, 0.3) is 0 Å². The summed E-state index contributed by atoms with van der Waals surface area (Å²) in [6, 6.07) is 2.05. The molecule has 82 valence electrons. The first kappa shape index (κ1) is 10.5. The van der Waals surface area contributed by atoms with Gasteiger partial charge < -0.3 is 10.2 Å². The van der Waals surface area contributed by atoms with Crippen LogP contribution in [0.25, 0.3) is 0 Å². The Labute approximate surface area is 94.5 Å². The van der Waals surface area contributed by atoms with E-state index < -0.39 is 0 Å². The molecule has 5 heteroatoms. The number of aryl methyl sites for hydroxylation is 1.